The van der Waals surface area contributed by atoms with E-state index in [2.05, 4.69) is 13.8 Å². The average molecular weight is 410 g/mol. The summed E-state index contributed by atoms with van der Waals surface area (Å²) in [6, 6.07) is 9.71. The molecule has 0 aliphatic rings. The summed E-state index contributed by atoms with van der Waals surface area (Å²) < 4.78 is 40.4. The Morgan fingerprint density at radius 1 is 1.07 bits per heavy atom. The van der Waals surface area contributed by atoms with E-state index in [4.69, 9.17) is 0 Å². The van der Waals surface area contributed by atoms with E-state index < -0.39 is 16.9 Å². The topological polar surface area (TPSA) is 20.2 Å². The number of phenols is 1. The first-order valence-corrected chi connectivity index (χ1v) is 10.8. The predicted octanol–water partition coefficient (Wildman–Crippen LogP) is 7.25. The van der Waals surface area contributed by atoms with Crippen molar-refractivity contribution in [3.05, 3.63) is 58.7 Å². The summed E-state index contributed by atoms with van der Waals surface area (Å²) in [5.74, 6) is 0.448. The van der Waals surface area contributed by atoms with Crippen LogP contribution in [0, 0.1) is 6.92 Å². The van der Waals surface area contributed by atoms with Gasteiger partial charge < -0.3 is 5.11 Å². The first kappa shape index (κ1) is 22.7. The van der Waals surface area contributed by atoms with E-state index in [9.17, 15) is 18.3 Å². The highest BCUT2D eigenvalue weighted by atomic mass is 31.1. The molecule has 3 unspecified atom stereocenters. The quantitative estimate of drug-likeness (QED) is 0.477. The highest BCUT2D eigenvalue weighted by Gasteiger charge is 2.36. The highest BCUT2D eigenvalue weighted by Crippen LogP contribution is 2.50. The van der Waals surface area contributed by atoms with Gasteiger partial charge in [-0.2, -0.15) is 13.2 Å². The monoisotopic (exact) mass is 410 g/mol. The minimum absolute atomic E-state index is 0.0980. The van der Waals surface area contributed by atoms with Gasteiger partial charge in [-0.05, 0) is 42.6 Å². The molecule has 1 nitrogen and oxygen atoms in total. The zero-order valence-corrected chi connectivity index (χ0v) is 18.2. The first-order chi connectivity index (χ1) is 13.0. The molecule has 0 radical (unpaired) electrons. The molecule has 0 aliphatic heterocycles. The molecule has 0 fully saturated rings. The van der Waals surface area contributed by atoms with Crippen molar-refractivity contribution in [2.45, 2.75) is 71.1 Å². The second-order valence-corrected chi connectivity index (χ2v) is 9.69. The number of alkyl halides is 3. The van der Waals surface area contributed by atoms with Crippen LogP contribution in [0.1, 0.15) is 75.1 Å². The van der Waals surface area contributed by atoms with Gasteiger partial charge in [0.2, 0.25) is 0 Å². The number of halogens is 3. The van der Waals surface area contributed by atoms with Crippen molar-refractivity contribution in [2.75, 3.05) is 0 Å². The van der Waals surface area contributed by atoms with Crippen LogP contribution in [0.15, 0.2) is 36.4 Å². The van der Waals surface area contributed by atoms with Gasteiger partial charge in [-0.15, -0.1) is 0 Å². The number of hydrogen-bond donors (Lipinski definition) is 1. The van der Waals surface area contributed by atoms with Crippen molar-refractivity contribution in [2.24, 2.45) is 0 Å². The SMILES string of the molecule is CCCC(C)c1cc(C)cc(C(C)(CC)Pc2ccccc2C(F)(F)F)c1O. The lowest BCUT2D eigenvalue weighted by molar-refractivity contribution is -0.136. The van der Waals surface area contributed by atoms with E-state index >= 15 is 0 Å². The maximum atomic E-state index is 13.5. The Bertz CT molecular complexity index is 816. The lowest BCUT2D eigenvalue weighted by atomic mass is 9.87. The molecule has 0 aliphatic carbocycles. The minimum Gasteiger partial charge on any atom is -0.507 e. The number of rotatable bonds is 7. The van der Waals surface area contributed by atoms with Gasteiger partial charge in [0.05, 0.1) is 5.56 Å². The molecule has 0 saturated carbocycles. The second-order valence-electron chi connectivity index (χ2n) is 7.79. The molecule has 3 atom stereocenters. The maximum absolute atomic E-state index is 13.5. The van der Waals surface area contributed by atoms with Gasteiger partial charge >= 0.3 is 6.18 Å². The van der Waals surface area contributed by atoms with E-state index in [1.807, 2.05) is 32.9 Å². The van der Waals surface area contributed by atoms with Crippen molar-refractivity contribution in [1.29, 1.82) is 0 Å². The molecular formula is C23H30F3OP. The van der Waals surface area contributed by atoms with Gasteiger partial charge in [-0.25, -0.2) is 0 Å². The number of phenolic OH excluding ortho intramolecular Hbond substituents is 1. The Hall–Kier alpha value is -1.54. The van der Waals surface area contributed by atoms with Crippen LogP contribution in [-0.2, 0) is 11.3 Å². The second kappa shape index (κ2) is 8.86. The fourth-order valence-corrected chi connectivity index (χ4v) is 5.31. The zero-order chi connectivity index (χ0) is 21.1. The molecule has 0 heterocycles. The van der Waals surface area contributed by atoms with Crippen LogP contribution in [0.4, 0.5) is 13.2 Å². The van der Waals surface area contributed by atoms with Crippen LogP contribution in [-0.4, -0.2) is 5.11 Å². The minimum atomic E-state index is -4.38. The Morgan fingerprint density at radius 3 is 2.29 bits per heavy atom. The normalized spacial score (nSPS) is 15.7. The van der Waals surface area contributed by atoms with Crippen LogP contribution in [0.25, 0.3) is 0 Å². The van der Waals surface area contributed by atoms with Crippen molar-refractivity contribution in [3.8, 4) is 5.75 Å². The lowest BCUT2D eigenvalue weighted by Gasteiger charge is -2.32. The van der Waals surface area contributed by atoms with Crippen LogP contribution in [0.2, 0.25) is 0 Å². The van der Waals surface area contributed by atoms with Crippen LogP contribution >= 0.6 is 8.58 Å². The Morgan fingerprint density at radius 2 is 1.71 bits per heavy atom. The zero-order valence-electron chi connectivity index (χ0n) is 17.2. The largest absolute Gasteiger partial charge is 0.507 e. The molecule has 28 heavy (non-hydrogen) atoms. The number of hydrogen-bond acceptors (Lipinski definition) is 1. The summed E-state index contributed by atoms with van der Waals surface area (Å²) in [6.45, 7) is 10.1. The maximum Gasteiger partial charge on any atom is 0.417 e. The summed E-state index contributed by atoms with van der Waals surface area (Å²) in [7, 11) is -0.0980. The summed E-state index contributed by atoms with van der Waals surface area (Å²) >= 11 is 0. The number of benzene rings is 2. The smallest absolute Gasteiger partial charge is 0.417 e. The van der Waals surface area contributed by atoms with Crippen molar-refractivity contribution in [1.82, 2.24) is 0 Å². The van der Waals surface area contributed by atoms with E-state index in [-0.39, 0.29) is 20.2 Å². The fourth-order valence-electron chi connectivity index (χ4n) is 3.67. The lowest BCUT2D eigenvalue weighted by Crippen LogP contribution is -2.23. The third kappa shape index (κ3) is 4.89. The third-order valence-electron chi connectivity index (χ3n) is 5.48. The van der Waals surface area contributed by atoms with Gasteiger partial charge in [0.1, 0.15) is 5.75 Å². The van der Waals surface area contributed by atoms with Crippen LogP contribution in [0.5, 0.6) is 5.75 Å². The molecule has 2 aromatic carbocycles. The number of aryl methyl sites for hydroxylation is 1. The van der Waals surface area contributed by atoms with E-state index in [0.717, 1.165) is 35.6 Å². The van der Waals surface area contributed by atoms with Gasteiger partial charge in [-0.3, -0.25) is 0 Å². The van der Waals surface area contributed by atoms with E-state index in [1.54, 1.807) is 12.1 Å². The summed E-state index contributed by atoms with van der Waals surface area (Å²) in [6.07, 6.45) is -1.78. The van der Waals surface area contributed by atoms with Crippen molar-refractivity contribution >= 4 is 13.9 Å². The molecule has 0 amide bonds. The predicted molar refractivity (Wildman–Crippen MR) is 113 cm³/mol. The molecule has 154 valence electrons. The van der Waals surface area contributed by atoms with Crippen LogP contribution in [0.3, 0.4) is 0 Å². The highest BCUT2D eigenvalue weighted by molar-refractivity contribution is 7.48. The summed E-state index contributed by atoms with van der Waals surface area (Å²) in [5.41, 5.74) is 2.09. The average Bonchev–Trinajstić information content (AvgIpc) is 2.62. The Balaban J connectivity index is 2.56. The van der Waals surface area contributed by atoms with Gasteiger partial charge in [0.15, 0.2) is 0 Å². The van der Waals surface area contributed by atoms with Crippen LogP contribution < -0.4 is 5.30 Å². The summed E-state index contributed by atoms with van der Waals surface area (Å²) in [4.78, 5) is 0. The van der Waals surface area contributed by atoms with Gasteiger partial charge in [-0.1, -0.05) is 78.6 Å². The molecule has 2 rings (SSSR count). The standard InChI is InChI=1S/C23H30F3OP/c1-6-10-16(4)17-13-15(3)14-19(21(17)27)22(5,7-2)28-20-12-9-8-11-18(20)23(24,25)26/h8-9,11-14,16,27-28H,6-7,10H2,1-5H3. The summed E-state index contributed by atoms with van der Waals surface area (Å²) in [5, 5.41) is 10.8. The molecular weight excluding hydrogens is 380 g/mol. The molecule has 2 aromatic rings. The third-order valence-corrected chi connectivity index (χ3v) is 7.36. The molecule has 5 heteroatoms. The van der Waals surface area contributed by atoms with Crippen molar-refractivity contribution in [3.63, 3.8) is 0 Å². The van der Waals surface area contributed by atoms with Gasteiger partial charge in [0.25, 0.3) is 0 Å². The molecule has 0 aromatic heterocycles. The van der Waals surface area contributed by atoms with E-state index in [1.165, 1.54) is 6.07 Å². The molecule has 0 spiro atoms. The molecule has 0 bridgehead atoms. The van der Waals surface area contributed by atoms with E-state index in [0.29, 0.717) is 11.7 Å². The Kier molecular flexibility index (Phi) is 7.20. The van der Waals surface area contributed by atoms with Crippen molar-refractivity contribution < 1.29 is 18.3 Å². The molecule has 1 N–H and O–H groups in total. The van der Waals surface area contributed by atoms with Gasteiger partial charge in [0, 0.05) is 10.7 Å². The molecule has 0 saturated heterocycles. The Labute approximate surface area is 168 Å². The fraction of sp³-hybridized carbons (Fsp3) is 0.478. The number of aromatic hydroxyl groups is 1. The first-order valence-electron chi connectivity index (χ1n) is 9.81.